The van der Waals surface area contributed by atoms with E-state index in [1.807, 2.05) is 6.92 Å². The van der Waals surface area contributed by atoms with Crippen LogP contribution >= 0.6 is 0 Å². The van der Waals surface area contributed by atoms with Crippen LogP contribution in [0.4, 0.5) is 0 Å². The van der Waals surface area contributed by atoms with E-state index in [4.69, 9.17) is 14.9 Å². The van der Waals surface area contributed by atoms with Crippen LogP contribution in [0.2, 0.25) is 0 Å². The van der Waals surface area contributed by atoms with Gasteiger partial charge in [-0.1, -0.05) is 13.3 Å². The van der Waals surface area contributed by atoms with E-state index in [0.29, 0.717) is 6.42 Å². The van der Waals surface area contributed by atoms with Crippen LogP contribution in [0.1, 0.15) is 26.7 Å². The molecule has 1 rings (SSSR count). The standard InChI is InChI=1S/C14H23NO7/c1-3-4-8-5-10(14(20)21)22-13(11(8)15-7(2)17)12(19)9(18)6-16/h5,8-9,11-13,16,18-19H,3-4,6H2,1-2H3,(H,15,17)(H,20,21)/t8-,9+,11+,12+,13+/m0/s1. The predicted molar refractivity (Wildman–Crippen MR) is 75.7 cm³/mol. The van der Waals surface area contributed by atoms with Crippen molar-refractivity contribution in [3.05, 3.63) is 11.8 Å². The molecule has 0 unspecified atom stereocenters. The minimum Gasteiger partial charge on any atom is -0.478 e. The van der Waals surface area contributed by atoms with Crippen molar-refractivity contribution < 1.29 is 34.8 Å². The van der Waals surface area contributed by atoms with E-state index in [0.717, 1.165) is 6.42 Å². The number of ether oxygens (including phenoxy) is 1. The molecule has 5 N–H and O–H groups in total. The smallest absolute Gasteiger partial charge is 0.370 e. The minimum atomic E-state index is -1.54. The van der Waals surface area contributed by atoms with Crippen LogP contribution in [0, 0.1) is 5.92 Å². The first kappa shape index (κ1) is 18.4. The zero-order valence-electron chi connectivity index (χ0n) is 12.6. The molecule has 0 saturated heterocycles. The third-order valence-electron chi connectivity index (χ3n) is 3.56. The van der Waals surface area contributed by atoms with Crippen LogP contribution in [-0.2, 0) is 14.3 Å². The first-order chi connectivity index (χ1) is 10.3. The maximum Gasteiger partial charge on any atom is 0.370 e. The quantitative estimate of drug-likeness (QED) is 0.406. The van der Waals surface area contributed by atoms with Crippen LogP contribution in [-0.4, -0.2) is 63.3 Å². The Morgan fingerprint density at radius 3 is 2.50 bits per heavy atom. The van der Waals surface area contributed by atoms with Gasteiger partial charge in [0, 0.05) is 12.8 Å². The van der Waals surface area contributed by atoms with E-state index in [2.05, 4.69) is 5.32 Å². The molecule has 0 aromatic rings. The van der Waals surface area contributed by atoms with E-state index < -0.39 is 36.9 Å². The molecule has 0 aliphatic carbocycles. The zero-order valence-corrected chi connectivity index (χ0v) is 12.6. The van der Waals surface area contributed by atoms with Gasteiger partial charge < -0.3 is 30.5 Å². The van der Waals surface area contributed by atoms with Gasteiger partial charge in [0.25, 0.3) is 0 Å². The number of carbonyl (C=O) groups is 2. The molecule has 1 heterocycles. The molecule has 5 atom stereocenters. The monoisotopic (exact) mass is 317 g/mol. The number of nitrogens with one attached hydrogen (secondary N) is 1. The summed E-state index contributed by atoms with van der Waals surface area (Å²) in [6.45, 7) is 2.49. The number of aliphatic carboxylic acids is 1. The van der Waals surface area contributed by atoms with Crippen molar-refractivity contribution >= 4 is 11.9 Å². The number of aliphatic hydroxyl groups excluding tert-OH is 3. The Kier molecular flexibility index (Phi) is 6.79. The Labute approximate surface area is 128 Å². The Bertz CT molecular complexity index is 437. The van der Waals surface area contributed by atoms with Crippen molar-refractivity contribution in [2.45, 2.75) is 51.0 Å². The van der Waals surface area contributed by atoms with E-state index >= 15 is 0 Å². The summed E-state index contributed by atoms with van der Waals surface area (Å²) in [7, 11) is 0. The number of hydrogen-bond donors (Lipinski definition) is 5. The molecule has 126 valence electrons. The van der Waals surface area contributed by atoms with Crippen molar-refractivity contribution in [3.63, 3.8) is 0 Å². The topological polar surface area (TPSA) is 136 Å². The fourth-order valence-electron chi connectivity index (χ4n) is 2.55. The maximum absolute atomic E-state index is 11.4. The molecule has 22 heavy (non-hydrogen) atoms. The summed E-state index contributed by atoms with van der Waals surface area (Å²) in [5.41, 5.74) is 0. The Hall–Kier alpha value is -1.64. The third-order valence-corrected chi connectivity index (χ3v) is 3.56. The van der Waals surface area contributed by atoms with Crippen LogP contribution in [0.5, 0.6) is 0 Å². The first-order valence-electron chi connectivity index (χ1n) is 7.17. The highest BCUT2D eigenvalue weighted by Crippen LogP contribution is 2.29. The van der Waals surface area contributed by atoms with Gasteiger partial charge in [-0.3, -0.25) is 4.79 Å². The molecule has 0 aromatic carbocycles. The largest absolute Gasteiger partial charge is 0.478 e. The van der Waals surface area contributed by atoms with Gasteiger partial charge in [-0.25, -0.2) is 4.79 Å². The lowest BCUT2D eigenvalue weighted by Gasteiger charge is -2.40. The molecule has 0 fully saturated rings. The molecule has 0 saturated carbocycles. The number of carbonyl (C=O) groups excluding carboxylic acids is 1. The van der Waals surface area contributed by atoms with Crippen molar-refractivity contribution in [2.24, 2.45) is 5.92 Å². The molecule has 0 bridgehead atoms. The highest BCUT2D eigenvalue weighted by atomic mass is 16.5. The van der Waals surface area contributed by atoms with Crippen LogP contribution < -0.4 is 5.32 Å². The SMILES string of the molecule is CCC[C@H]1C=C(C(=O)O)O[C@@H]([C@H](O)[C@H](O)CO)[C@@H]1NC(C)=O. The van der Waals surface area contributed by atoms with Crippen LogP contribution in [0.3, 0.4) is 0 Å². The summed E-state index contributed by atoms with van der Waals surface area (Å²) in [6.07, 6.45) is -1.50. The molecule has 1 aliphatic rings. The van der Waals surface area contributed by atoms with Crippen molar-refractivity contribution in [2.75, 3.05) is 6.61 Å². The maximum atomic E-state index is 11.4. The fourth-order valence-corrected chi connectivity index (χ4v) is 2.55. The Morgan fingerprint density at radius 2 is 2.05 bits per heavy atom. The summed E-state index contributed by atoms with van der Waals surface area (Å²) in [5.74, 6) is -2.36. The number of rotatable bonds is 7. The molecule has 8 nitrogen and oxygen atoms in total. The van der Waals surface area contributed by atoms with E-state index in [9.17, 15) is 19.8 Å². The summed E-state index contributed by atoms with van der Waals surface area (Å²) in [5, 5.41) is 40.4. The van der Waals surface area contributed by atoms with Gasteiger partial charge >= 0.3 is 5.97 Å². The number of hydrogen-bond acceptors (Lipinski definition) is 6. The van der Waals surface area contributed by atoms with Crippen molar-refractivity contribution in [1.82, 2.24) is 5.32 Å². The van der Waals surface area contributed by atoms with Gasteiger partial charge in [0.05, 0.1) is 12.6 Å². The Morgan fingerprint density at radius 1 is 1.41 bits per heavy atom. The lowest BCUT2D eigenvalue weighted by Crippen LogP contribution is -2.58. The molecule has 0 aromatic heterocycles. The van der Waals surface area contributed by atoms with Gasteiger partial charge in [-0.05, 0) is 12.5 Å². The summed E-state index contributed by atoms with van der Waals surface area (Å²) >= 11 is 0. The van der Waals surface area contributed by atoms with Gasteiger partial charge in [0.15, 0.2) is 0 Å². The first-order valence-corrected chi connectivity index (χ1v) is 7.17. The highest BCUT2D eigenvalue weighted by Gasteiger charge is 2.42. The van der Waals surface area contributed by atoms with Crippen LogP contribution in [0.15, 0.2) is 11.8 Å². The van der Waals surface area contributed by atoms with E-state index in [1.165, 1.54) is 13.0 Å². The number of amides is 1. The van der Waals surface area contributed by atoms with Gasteiger partial charge in [-0.2, -0.15) is 0 Å². The van der Waals surface area contributed by atoms with Crippen molar-refractivity contribution in [3.8, 4) is 0 Å². The summed E-state index contributed by atoms with van der Waals surface area (Å²) < 4.78 is 5.25. The fraction of sp³-hybridized carbons (Fsp3) is 0.714. The highest BCUT2D eigenvalue weighted by molar-refractivity contribution is 5.84. The van der Waals surface area contributed by atoms with Crippen molar-refractivity contribution in [1.29, 1.82) is 0 Å². The number of carboxylic acids is 1. The minimum absolute atomic E-state index is 0.339. The summed E-state index contributed by atoms with van der Waals surface area (Å²) in [4.78, 5) is 22.6. The molecule has 0 radical (unpaired) electrons. The molecule has 8 heteroatoms. The van der Waals surface area contributed by atoms with E-state index in [-0.39, 0.29) is 17.6 Å². The Balaban J connectivity index is 3.15. The molecule has 1 amide bonds. The van der Waals surface area contributed by atoms with Gasteiger partial charge in [0.2, 0.25) is 11.7 Å². The van der Waals surface area contributed by atoms with E-state index in [1.54, 1.807) is 0 Å². The lowest BCUT2D eigenvalue weighted by atomic mass is 9.84. The van der Waals surface area contributed by atoms with Gasteiger partial charge in [-0.15, -0.1) is 0 Å². The summed E-state index contributed by atoms with van der Waals surface area (Å²) in [6, 6.07) is -0.697. The second kappa shape index (κ2) is 8.11. The zero-order chi connectivity index (χ0) is 16.9. The van der Waals surface area contributed by atoms with Gasteiger partial charge in [0.1, 0.15) is 18.3 Å². The molecule has 1 aliphatic heterocycles. The molecular formula is C14H23NO7. The number of carboxylic acid groups (broad SMARTS) is 1. The second-order valence-corrected chi connectivity index (χ2v) is 5.34. The number of aliphatic hydroxyl groups is 3. The average Bonchev–Trinajstić information content (AvgIpc) is 2.46. The predicted octanol–water partition coefficient (Wildman–Crippen LogP) is -1.01. The third kappa shape index (κ3) is 4.43. The molecule has 0 spiro atoms. The van der Waals surface area contributed by atoms with Crippen LogP contribution in [0.25, 0.3) is 0 Å². The second-order valence-electron chi connectivity index (χ2n) is 5.34. The normalized spacial score (nSPS) is 27.3. The lowest BCUT2D eigenvalue weighted by molar-refractivity contribution is -0.147. The molecular weight excluding hydrogens is 294 g/mol. The average molecular weight is 317 g/mol.